The molecule has 0 aliphatic heterocycles. The number of benzene rings is 2. The van der Waals surface area contributed by atoms with Crippen molar-refractivity contribution in [2.45, 2.75) is 58.1 Å². The molecule has 0 amide bonds. The molecule has 0 aliphatic rings. The Bertz CT molecular complexity index is 996. The van der Waals surface area contributed by atoms with Crippen LogP contribution >= 0.6 is 0 Å². The van der Waals surface area contributed by atoms with Gasteiger partial charge in [-0.3, -0.25) is 0 Å². The van der Waals surface area contributed by atoms with E-state index in [2.05, 4.69) is 0 Å². The largest absolute Gasteiger partial charge is 0.490 e. The van der Waals surface area contributed by atoms with Crippen LogP contribution < -0.4 is 15.2 Å². The van der Waals surface area contributed by atoms with Crippen molar-refractivity contribution in [3.8, 4) is 17.6 Å². The predicted octanol–water partition coefficient (Wildman–Crippen LogP) is 6.71. The summed E-state index contributed by atoms with van der Waals surface area (Å²) in [6, 6.07) is 7.94. The number of rotatable bonds is 10. The first-order valence-corrected chi connectivity index (χ1v) is 10.7. The van der Waals surface area contributed by atoms with Gasteiger partial charge >= 0.3 is 12.4 Å². The Morgan fingerprint density at radius 3 is 2.09 bits per heavy atom. The molecular formula is C24H26F6N2O2. The first kappa shape index (κ1) is 27.3. The van der Waals surface area contributed by atoms with Crippen molar-refractivity contribution in [3.05, 3.63) is 58.7 Å². The fourth-order valence-electron chi connectivity index (χ4n) is 3.33. The van der Waals surface area contributed by atoms with Gasteiger partial charge in [-0.1, -0.05) is 26.3 Å². The zero-order chi connectivity index (χ0) is 25.5. The lowest BCUT2D eigenvalue weighted by Gasteiger charge is -2.22. The molecule has 0 saturated carbocycles. The average Bonchev–Trinajstić information content (AvgIpc) is 2.75. The molecule has 34 heavy (non-hydrogen) atoms. The summed E-state index contributed by atoms with van der Waals surface area (Å²) in [4.78, 5) is 0. The van der Waals surface area contributed by atoms with E-state index >= 15 is 0 Å². The van der Waals surface area contributed by atoms with Crippen LogP contribution in [0.3, 0.4) is 0 Å². The van der Waals surface area contributed by atoms with E-state index in [1.807, 2.05) is 13.8 Å². The van der Waals surface area contributed by atoms with Crippen LogP contribution in [0.4, 0.5) is 26.3 Å². The Morgan fingerprint density at radius 1 is 0.912 bits per heavy atom. The van der Waals surface area contributed by atoms with Gasteiger partial charge in [-0.05, 0) is 54.7 Å². The van der Waals surface area contributed by atoms with Crippen LogP contribution in [0.25, 0.3) is 0 Å². The van der Waals surface area contributed by atoms with Crippen LogP contribution in [-0.2, 0) is 18.9 Å². The van der Waals surface area contributed by atoms with Gasteiger partial charge in [0, 0.05) is 6.54 Å². The van der Waals surface area contributed by atoms with Crippen molar-refractivity contribution < 1.29 is 35.8 Å². The van der Waals surface area contributed by atoms with Gasteiger partial charge in [0.25, 0.3) is 0 Å². The molecule has 0 spiro atoms. The van der Waals surface area contributed by atoms with E-state index in [4.69, 9.17) is 20.5 Å². The Hall–Kier alpha value is -2.93. The first-order chi connectivity index (χ1) is 15.8. The summed E-state index contributed by atoms with van der Waals surface area (Å²) in [5, 5.41) is 8.95. The molecule has 2 aromatic rings. The maximum absolute atomic E-state index is 13.3. The Balaban J connectivity index is 2.23. The van der Waals surface area contributed by atoms with Crippen molar-refractivity contribution in [2.75, 3.05) is 6.61 Å². The highest BCUT2D eigenvalue weighted by Crippen LogP contribution is 2.36. The number of alkyl halides is 6. The average molecular weight is 488 g/mol. The maximum atomic E-state index is 13.3. The summed E-state index contributed by atoms with van der Waals surface area (Å²) in [6.07, 6.45) is -8.17. The summed E-state index contributed by atoms with van der Waals surface area (Å²) in [7, 11) is 0. The molecule has 10 heteroatoms. The summed E-state index contributed by atoms with van der Waals surface area (Å²) in [5.41, 5.74) is 2.74. The van der Waals surface area contributed by atoms with Gasteiger partial charge in [-0.2, -0.15) is 31.6 Å². The Kier molecular flexibility index (Phi) is 9.21. The SMILES string of the molecule is CC(C)CCCC(COc1ccc(CN)c(C(F)(F)F)c1)Oc1ccc(C#N)c(C(F)(F)F)c1. The van der Waals surface area contributed by atoms with E-state index < -0.39 is 35.1 Å². The zero-order valence-electron chi connectivity index (χ0n) is 18.8. The van der Waals surface area contributed by atoms with Gasteiger partial charge < -0.3 is 15.2 Å². The molecular weight excluding hydrogens is 462 g/mol. The number of hydrogen-bond acceptors (Lipinski definition) is 4. The van der Waals surface area contributed by atoms with Crippen molar-refractivity contribution >= 4 is 0 Å². The third-order valence-corrected chi connectivity index (χ3v) is 5.07. The first-order valence-electron chi connectivity index (χ1n) is 10.7. The van der Waals surface area contributed by atoms with Gasteiger partial charge in [0.1, 0.15) is 24.2 Å². The molecule has 2 rings (SSSR count). The third kappa shape index (κ3) is 7.83. The predicted molar refractivity (Wildman–Crippen MR) is 114 cm³/mol. The van der Waals surface area contributed by atoms with E-state index in [0.29, 0.717) is 18.8 Å². The molecule has 0 aliphatic carbocycles. The molecule has 0 fully saturated rings. The third-order valence-electron chi connectivity index (χ3n) is 5.07. The topological polar surface area (TPSA) is 68.3 Å². The number of nitriles is 1. The van der Waals surface area contributed by atoms with Crippen molar-refractivity contribution in [2.24, 2.45) is 11.7 Å². The molecule has 0 aromatic heterocycles. The highest BCUT2D eigenvalue weighted by Gasteiger charge is 2.35. The maximum Gasteiger partial charge on any atom is 0.417 e. The number of hydrogen-bond donors (Lipinski definition) is 1. The van der Waals surface area contributed by atoms with Crippen LogP contribution in [0.2, 0.25) is 0 Å². The molecule has 0 radical (unpaired) electrons. The molecule has 4 nitrogen and oxygen atoms in total. The second-order valence-corrected chi connectivity index (χ2v) is 8.21. The minimum absolute atomic E-state index is 0.0576. The van der Waals surface area contributed by atoms with Gasteiger partial charge in [-0.25, -0.2) is 0 Å². The number of nitrogens with zero attached hydrogens (tertiary/aromatic N) is 1. The lowest BCUT2D eigenvalue weighted by atomic mass is 10.0. The van der Waals surface area contributed by atoms with E-state index in [1.165, 1.54) is 24.3 Å². The number of nitrogens with two attached hydrogens (primary N) is 1. The minimum atomic E-state index is -4.74. The quantitative estimate of drug-likeness (QED) is 0.378. The second kappa shape index (κ2) is 11.5. The smallest absolute Gasteiger partial charge is 0.417 e. The number of ether oxygens (including phenoxy) is 2. The summed E-state index contributed by atoms with van der Waals surface area (Å²) in [5.74, 6) is 0.211. The van der Waals surface area contributed by atoms with Crippen LogP contribution in [0.1, 0.15) is 55.4 Å². The fraction of sp³-hybridized carbons (Fsp3) is 0.458. The van der Waals surface area contributed by atoms with Crippen LogP contribution in [0.15, 0.2) is 36.4 Å². The molecule has 2 N–H and O–H groups in total. The van der Waals surface area contributed by atoms with Crippen LogP contribution in [0.5, 0.6) is 11.5 Å². The van der Waals surface area contributed by atoms with Gasteiger partial charge in [0.05, 0.1) is 22.8 Å². The summed E-state index contributed by atoms with van der Waals surface area (Å²) in [6.45, 7) is 3.55. The van der Waals surface area contributed by atoms with Crippen LogP contribution in [-0.4, -0.2) is 12.7 Å². The lowest BCUT2D eigenvalue weighted by Crippen LogP contribution is -2.25. The van der Waals surface area contributed by atoms with Gasteiger partial charge in [-0.15, -0.1) is 0 Å². The highest BCUT2D eigenvalue weighted by atomic mass is 19.4. The molecule has 0 saturated heterocycles. The molecule has 0 bridgehead atoms. The van der Waals surface area contributed by atoms with Crippen molar-refractivity contribution in [3.63, 3.8) is 0 Å². The lowest BCUT2D eigenvalue weighted by molar-refractivity contribution is -0.139. The molecule has 1 atom stereocenters. The summed E-state index contributed by atoms with van der Waals surface area (Å²) < 4.78 is 91.0. The molecule has 0 heterocycles. The highest BCUT2D eigenvalue weighted by molar-refractivity contribution is 5.44. The number of halogens is 6. The standard InChI is InChI=1S/C24H26F6N2O2/c1-15(2)4-3-5-20(34-19-9-7-17(13-32)22(11-19)24(28,29)30)14-33-18-8-6-16(12-31)21(10-18)23(25,26)27/h6-11,15,20H,3-5,12,14,31H2,1-2H3. The van der Waals surface area contributed by atoms with Gasteiger partial charge in [0.2, 0.25) is 0 Å². The zero-order valence-corrected chi connectivity index (χ0v) is 18.8. The molecule has 2 aromatic carbocycles. The van der Waals surface area contributed by atoms with Gasteiger partial charge in [0.15, 0.2) is 0 Å². The Labute approximate surface area is 194 Å². The minimum Gasteiger partial charge on any atom is -0.490 e. The second-order valence-electron chi connectivity index (χ2n) is 8.21. The van der Waals surface area contributed by atoms with E-state index in [1.54, 1.807) is 0 Å². The monoisotopic (exact) mass is 488 g/mol. The van der Waals surface area contributed by atoms with E-state index in [-0.39, 0.29) is 30.2 Å². The molecule has 1 unspecified atom stereocenters. The van der Waals surface area contributed by atoms with E-state index in [9.17, 15) is 26.3 Å². The summed E-state index contributed by atoms with van der Waals surface area (Å²) >= 11 is 0. The van der Waals surface area contributed by atoms with Crippen molar-refractivity contribution in [1.82, 2.24) is 0 Å². The Morgan fingerprint density at radius 2 is 1.53 bits per heavy atom. The van der Waals surface area contributed by atoms with E-state index in [0.717, 1.165) is 24.6 Å². The molecule has 186 valence electrons. The fourth-order valence-corrected chi connectivity index (χ4v) is 3.33. The van der Waals surface area contributed by atoms with Crippen LogP contribution in [0, 0.1) is 17.2 Å². The normalized spacial score (nSPS) is 13.0. The van der Waals surface area contributed by atoms with Crippen molar-refractivity contribution in [1.29, 1.82) is 5.26 Å².